The lowest BCUT2D eigenvalue weighted by Crippen LogP contribution is -2.62. The molecule has 1 saturated heterocycles. The number of halogens is 1. The van der Waals surface area contributed by atoms with Gasteiger partial charge in [0.1, 0.15) is 5.70 Å². The van der Waals surface area contributed by atoms with Crippen LogP contribution < -0.4 is 0 Å². The molecule has 0 spiro atoms. The number of benzene rings is 2. The van der Waals surface area contributed by atoms with Crippen molar-refractivity contribution >= 4 is 41.0 Å². The minimum Gasteiger partial charge on any atom is -0.448 e. The molecule has 2 aliphatic heterocycles. The molecule has 0 N–H and O–H groups in total. The lowest BCUT2D eigenvalue weighted by molar-refractivity contribution is -0.158. The zero-order chi connectivity index (χ0) is 19.7. The van der Waals surface area contributed by atoms with E-state index in [9.17, 15) is 14.4 Å². The highest BCUT2D eigenvalue weighted by atomic mass is 35.5. The van der Waals surface area contributed by atoms with E-state index in [4.69, 9.17) is 16.3 Å². The Kier molecular flexibility index (Phi) is 5.24. The van der Waals surface area contributed by atoms with Crippen molar-refractivity contribution in [3.8, 4) is 0 Å². The van der Waals surface area contributed by atoms with Crippen LogP contribution in [0.25, 0.3) is 0 Å². The van der Waals surface area contributed by atoms with Gasteiger partial charge in [0.05, 0.1) is 0 Å². The number of hydrogen-bond donors (Lipinski definition) is 0. The van der Waals surface area contributed by atoms with Crippen molar-refractivity contribution < 1.29 is 19.1 Å². The summed E-state index contributed by atoms with van der Waals surface area (Å²) >= 11 is 7.30. The normalized spacial score (nSPS) is 18.8. The van der Waals surface area contributed by atoms with Gasteiger partial charge in [0.15, 0.2) is 11.5 Å². The van der Waals surface area contributed by atoms with Crippen molar-refractivity contribution in [2.24, 2.45) is 0 Å². The van der Waals surface area contributed by atoms with E-state index in [2.05, 4.69) is 0 Å². The predicted molar refractivity (Wildman–Crippen MR) is 107 cm³/mol. The smallest absolute Gasteiger partial charge is 0.356 e. The lowest BCUT2D eigenvalue weighted by Gasteiger charge is -2.42. The molecule has 0 aromatic heterocycles. The van der Waals surface area contributed by atoms with E-state index in [1.807, 2.05) is 60.7 Å². The molecule has 28 heavy (non-hydrogen) atoms. The van der Waals surface area contributed by atoms with Gasteiger partial charge in [-0.25, -0.2) is 4.79 Å². The van der Waals surface area contributed by atoms with E-state index in [-0.39, 0.29) is 11.6 Å². The molecule has 7 heteroatoms. The highest BCUT2D eigenvalue weighted by Crippen LogP contribution is 2.39. The molecule has 1 amide bonds. The first kappa shape index (κ1) is 18.8. The zero-order valence-electron chi connectivity index (χ0n) is 14.7. The zero-order valence-corrected chi connectivity index (χ0v) is 16.3. The number of rotatable bonds is 5. The maximum Gasteiger partial charge on any atom is 0.356 e. The maximum absolute atomic E-state index is 13.1. The molecule has 142 valence electrons. The third-order valence-electron chi connectivity index (χ3n) is 4.66. The molecule has 2 aromatic carbocycles. The van der Waals surface area contributed by atoms with Crippen LogP contribution in [-0.4, -0.2) is 39.6 Å². The van der Waals surface area contributed by atoms with Gasteiger partial charge in [0.25, 0.3) is 11.7 Å². The second-order valence-electron chi connectivity index (χ2n) is 6.40. The van der Waals surface area contributed by atoms with Gasteiger partial charge in [0.2, 0.25) is 0 Å². The minimum atomic E-state index is -0.692. The molecular weight excluding hydrogens is 398 g/mol. The Morgan fingerprint density at radius 2 is 1.64 bits per heavy atom. The van der Waals surface area contributed by atoms with Crippen LogP contribution in [0, 0.1) is 0 Å². The van der Waals surface area contributed by atoms with Crippen molar-refractivity contribution in [3.05, 3.63) is 83.1 Å². The summed E-state index contributed by atoms with van der Waals surface area (Å²) < 4.78 is 5.86. The van der Waals surface area contributed by atoms with Gasteiger partial charge < -0.3 is 4.74 Å². The van der Waals surface area contributed by atoms with Gasteiger partial charge in [-0.1, -0.05) is 60.7 Å². The van der Waals surface area contributed by atoms with E-state index in [1.165, 1.54) is 16.7 Å². The number of Topliss-reactive ketones (excluding diaryl/α,β-unsaturated/α-hetero) is 1. The molecule has 1 fully saturated rings. The average Bonchev–Trinajstić information content (AvgIpc) is 2.76. The summed E-state index contributed by atoms with van der Waals surface area (Å²) in [6.45, 7) is 0. The van der Waals surface area contributed by atoms with Crippen LogP contribution in [0.15, 0.2) is 71.9 Å². The summed E-state index contributed by atoms with van der Waals surface area (Å²) in [4.78, 5) is 38.2. The number of carbonyl (C=O) groups is 3. The number of amides is 1. The van der Waals surface area contributed by atoms with Crippen molar-refractivity contribution in [3.63, 3.8) is 0 Å². The monoisotopic (exact) mass is 413 g/mol. The largest absolute Gasteiger partial charge is 0.448 e. The predicted octanol–water partition coefficient (Wildman–Crippen LogP) is 3.30. The summed E-state index contributed by atoms with van der Waals surface area (Å²) in [5, 5.41) is -0.658. The molecule has 2 heterocycles. The first-order chi connectivity index (χ1) is 13.6. The van der Waals surface area contributed by atoms with Crippen LogP contribution in [-0.2, 0) is 19.1 Å². The number of β-lactam (4-membered cyclic amide) rings is 1. The number of ketones is 1. The van der Waals surface area contributed by atoms with Gasteiger partial charge in [0, 0.05) is 11.6 Å². The number of carbonyl (C=O) groups excluding carboxylic acids is 3. The Hall–Kier alpha value is -2.57. The van der Waals surface area contributed by atoms with Crippen LogP contribution in [0.5, 0.6) is 0 Å². The molecule has 0 saturated carbocycles. The molecule has 4 rings (SSSR count). The van der Waals surface area contributed by atoms with E-state index in [0.29, 0.717) is 11.3 Å². The molecular formula is C21H16ClNO4S. The van der Waals surface area contributed by atoms with Gasteiger partial charge in [-0.05, 0) is 16.7 Å². The van der Waals surface area contributed by atoms with Crippen LogP contribution in [0.4, 0.5) is 0 Å². The second-order valence-corrected chi connectivity index (χ2v) is 7.73. The average molecular weight is 414 g/mol. The number of nitrogens with zero attached hydrogens (tertiary/aromatic N) is 1. The fraction of sp³-hybridized carbons (Fsp3) is 0.190. The van der Waals surface area contributed by atoms with E-state index >= 15 is 0 Å². The van der Waals surface area contributed by atoms with Crippen LogP contribution in [0.3, 0.4) is 0 Å². The van der Waals surface area contributed by atoms with Crippen molar-refractivity contribution in [1.29, 1.82) is 0 Å². The number of thioether (sulfide) groups is 1. The highest BCUT2D eigenvalue weighted by Gasteiger charge is 2.53. The van der Waals surface area contributed by atoms with Gasteiger partial charge in [-0.2, -0.15) is 0 Å². The molecule has 5 nitrogen and oxygen atoms in total. The van der Waals surface area contributed by atoms with Crippen LogP contribution >= 0.6 is 23.4 Å². The molecule has 2 aromatic rings. The quantitative estimate of drug-likeness (QED) is 0.326. The molecule has 0 radical (unpaired) electrons. The van der Waals surface area contributed by atoms with Crippen LogP contribution in [0.2, 0.25) is 0 Å². The first-order valence-electron chi connectivity index (χ1n) is 8.69. The fourth-order valence-electron chi connectivity index (χ4n) is 3.26. The Bertz CT molecular complexity index is 921. The van der Waals surface area contributed by atoms with Crippen LogP contribution in [0.1, 0.15) is 17.2 Å². The molecule has 1 atom stereocenters. The standard InChI is InChI=1S/C21H16ClNO4S/c22-11-15-12-28-20-17(24)19(25)23(20)16(15)21(26)27-18(13-7-3-1-4-8-13)14-9-5-2-6-10-14/h1-10,18,20H,11-12H2/t20-/m1/s1. The van der Waals surface area contributed by atoms with Crippen molar-refractivity contribution in [2.75, 3.05) is 11.6 Å². The third-order valence-corrected chi connectivity index (χ3v) is 6.24. The first-order valence-corrected chi connectivity index (χ1v) is 10.3. The van der Waals surface area contributed by atoms with E-state index in [0.717, 1.165) is 11.1 Å². The van der Waals surface area contributed by atoms with E-state index in [1.54, 1.807) is 0 Å². The Balaban J connectivity index is 1.69. The minimum absolute atomic E-state index is 0.0868. The number of hydrogen-bond acceptors (Lipinski definition) is 5. The molecule has 2 aliphatic rings. The fourth-order valence-corrected chi connectivity index (χ4v) is 4.79. The highest BCUT2D eigenvalue weighted by molar-refractivity contribution is 8.01. The SMILES string of the molecule is O=C(OC(c1ccccc1)c1ccccc1)C1=C(CCl)CS[C@@H]2C(=O)C(=O)N12. The summed E-state index contributed by atoms with van der Waals surface area (Å²) in [5.41, 5.74) is 2.31. The van der Waals surface area contributed by atoms with Crippen molar-refractivity contribution in [2.45, 2.75) is 11.5 Å². The Morgan fingerprint density at radius 3 is 2.18 bits per heavy atom. The van der Waals surface area contributed by atoms with Gasteiger partial charge in [-0.15, -0.1) is 23.4 Å². The molecule has 0 bridgehead atoms. The van der Waals surface area contributed by atoms with Gasteiger partial charge >= 0.3 is 5.97 Å². The Morgan fingerprint density at radius 1 is 1.07 bits per heavy atom. The lowest BCUT2D eigenvalue weighted by atomic mass is 10.0. The topological polar surface area (TPSA) is 63.7 Å². The maximum atomic E-state index is 13.1. The number of fused-ring (bicyclic) bond motifs is 1. The Labute approximate surface area is 171 Å². The second kappa shape index (κ2) is 7.81. The van der Waals surface area contributed by atoms with Gasteiger partial charge in [-0.3, -0.25) is 14.5 Å². The summed E-state index contributed by atoms with van der Waals surface area (Å²) in [6.07, 6.45) is -0.640. The number of ether oxygens (including phenoxy) is 1. The number of esters is 1. The summed E-state index contributed by atoms with van der Waals surface area (Å²) in [7, 11) is 0. The number of alkyl halides is 1. The molecule has 0 unspecified atom stereocenters. The van der Waals surface area contributed by atoms with Crippen molar-refractivity contribution in [1.82, 2.24) is 4.90 Å². The summed E-state index contributed by atoms with van der Waals surface area (Å²) in [5.74, 6) is -1.34. The third kappa shape index (κ3) is 3.23. The van der Waals surface area contributed by atoms with E-state index < -0.39 is 29.1 Å². The molecule has 0 aliphatic carbocycles. The summed E-state index contributed by atoms with van der Waals surface area (Å²) in [6, 6.07) is 18.7.